The second kappa shape index (κ2) is 8.29. The maximum Gasteiger partial charge on any atom is 0.306 e. The van der Waals surface area contributed by atoms with E-state index in [0.29, 0.717) is 18.7 Å². The summed E-state index contributed by atoms with van der Waals surface area (Å²) < 4.78 is 0. The van der Waals surface area contributed by atoms with E-state index in [1.165, 1.54) is 0 Å². The van der Waals surface area contributed by atoms with E-state index in [-0.39, 0.29) is 18.9 Å². The molecule has 6 nitrogen and oxygen atoms in total. The molecule has 0 heterocycles. The summed E-state index contributed by atoms with van der Waals surface area (Å²) in [5.74, 6) is -1.19. The second-order valence-electron chi connectivity index (χ2n) is 4.58. The van der Waals surface area contributed by atoms with Crippen LogP contribution in [0, 0.1) is 6.92 Å². The van der Waals surface area contributed by atoms with Gasteiger partial charge in [-0.25, -0.2) is 0 Å². The Morgan fingerprint density at radius 3 is 2.45 bits per heavy atom. The zero-order valence-corrected chi connectivity index (χ0v) is 11.4. The Kier molecular flexibility index (Phi) is 6.69. The average molecular weight is 280 g/mol. The van der Waals surface area contributed by atoms with Gasteiger partial charge in [0.1, 0.15) is 0 Å². The van der Waals surface area contributed by atoms with Crippen LogP contribution in [0.3, 0.4) is 0 Å². The van der Waals surface area contributed by atoms with Crippen LogP contribution in [-0.4, -0.2) is 47.8 Å². The largest absolute Gasteiger partial charge is 0.481 e. The van der Waals surface area contributed by atoms with Gasteiger partial charge in [0.05, 0.1) is 12.5 Å². The van der Waals surface area contributed by atoms with Gasteiger partial charge in [0.2, 0.25) is 0 Å². The summed E-state index contributed by atoms with van der Waals surface area (Å²) in [6.07, 6.45) is -1.21. The normalized spacial score (nSPS) is 11.9. The third-order valence-electron chi connectivity index (χ3n) is 2.69. The number of nitrogens with one attached hydrogen (secondary N) is 2. The van der Waals surface area contributed by atoms with E-state index in [1.54, 1.807) is 12.1 Å². The number of carboxylic acid groups (broad SMARTS) is 1. The number of aliphatic hydroxyl groups is 1. The number of aryl methyl sites for hydroxylation is 1. The molecule has 1 aromatic carbocycles. The molecule has 0 spiro atoms. The van der Waals surface area contributed by atoms with E-state index >= 15 is 0 Å². The molecule has 0 saturated carbocycles. The number of rotatable bonds is 8. The van der Waals surface area contributed by atoms with E-state index in [0.717, 1.165) is 5.56 Å². The highest BCUT2D eigenvalue weighted by Gasteiger charge is 2.08. The number of hydrogen-bond acceptors (Lipinski definition) is 4. The number of amides is 1. The number of benzene rings is 1. The Hall–Kier alpha value is -1.92. The first kappa shape index (κ1) is 16.1. The highest BCUT2D eigenvalue weighted by atomic mass is 16.4. The maximum atomic E-state index is 11.7. The quantitative estimate of drug-likeness (QED) is 0.508. The van der Waals surface area contributed by atoms with Gasteiger partial charge in [-0.05, 0) is 19.1 Å². The third kappa shape index (κ3) is 6.31. The summed E-state index contributed by atoms with van der Waals surface area (Å²) in [7, 11) is 0. The first-order valence-electron chi connectivity index (χ1n) is 6.44. The first-order valence-corrected chi connectivity index (χ1v) is 6.44. The van der Waals surface area contributed by atoms with E-state index in [9.17, 15) is 14.7 Å². The zero-order valence-electron chi connectivity index (χ0n) is 11.4. The van der Waals surface area contributed by atoms with Crippen molar-refractivity contribution < 1.29 is 19.8 Å². The number of aliphatic carboxylic acids is 1. The van der Waals surface area contributed by atoms with Gasteiger partial charge >= 0.3 is 5.97 Å². The second-order valence-corrected chi connectivity index (χ2v) is 4.58. The molecule has 1 amide bonds. The van der Waals surface area contributed by atoms with Crippen LogP contribution in [0.25, 0.3) is 0 Å². The van der Waals surface area contributed by atoms with Crippen LogP contribution in [0.1, 0.15) is 22.3 Å². The smallest absolute Gasteiger partial charge is 0.306 e. The molecular formula is C14H20N2O4. The lowest BCUT2D eigenvalue weighted by Gasteiger charge is -2.10. The highest BCUT2D eigenvalue weighted by molar-refractivity contribution is 5.94. The standard InChI is InChI=1S/C14H20N2O4/c1-10-2-4-11(5-3-10)14(20)16-7-6-15-9-12(17)8-13(18)19/h2-5,12,15,17H,6-9H2,1H3,(H,16,20)(H,18,19). The summed E-state index contributed by atoms with van der Waals surface area (Å²) in [5.41, 5.74) is 1.69. The number of carbonyl (C=O) groups is 2. The molecule has 0 aliphatic rings. The van der Waals surface area contributed by atoms with Crippen LogP contribution in [-0.2, 0) is 4.79 Å². The molecule has 110 valence electrons. The first-order chi connectivity index (χ1) is 9.49. The molecule has 1 atom stereocenters. The lowest BCUT2D eigenvalue weighted by Crippen LogP contribution is -2.35. The molecule has 0 saturated heterocycles. The molecule has 20 heavy (non-hydrogen) atoms. The third-order valence-corrected chi connectivity index (χ3v) is 2.69. The van der Waals surface area contributed by atoms with Crippen LogP contribution in [0.5, 0.6) is 0 Å². The molecule has 0 aromatic heterocycles. The van der Waals surface area contributed by atoms with E-state index < -0.39 is 12.1 Å². The van der Waals surface area contributed by atoms with Gasteiger partial charge in [-0.1, -0.05) is 17.7 Å². The predicted molar refractivity (Wildman–Crippen MR) is 74.6 cm³/mol. The Bertz CT molecular complexity index is 445. The van der Waals surface area contributed by atoms with Crippen molar-refractivity contribution in [2.75, 3.05) is 19.6 Å². The highest BCUT2D eigenvalue weighted by Crippen LogP contribution is 2.02. The fourth-order valence-electron chi connectivity index (χ4n) is 1.61. The van der Waals surface area contributed by atoms with Gasteiger partial charge in [0.15, 0.2) is 0 Å². The lowest BCUT2D eigenvalue weighted by molar-refractivity contribution is -0.139. The fourth-order valence-corrected chi connectivity index (χ4v) is 1.61. The van der Waals surface area contributed by atoms with Gasteiger partial charge in [0, 0.05) is 25.2 Å². The Morgan fingerprint density at radius 2 is 1.85 bits per heavy atom. The molecule has 0 bridgehead atoms. The molecule has 0 radical (unpaired) electrons. The molecular weight excluding hydrogens is 260 g/mol. The monoisotopic (exact) mass is 280 g/mol. The van der Waals surface area contributed by atoms with Crippen molar-refractivity contribution >= 4 is 11.9 Å². The number of carboxylic acids is 1. The topological polar surface area (TPSA) is 98.7 Å². The molecule has 1 unspecified atom stereocenters. The van der Waals surface area contributed by atoms with Crippen LogP contribution < -0.4 is 10.6 Å². The molecule has 0 fully saturated rings. The molecule has 1 rings (SSSR count). The maximum absolute atomic E-state index is 11.7. The summed E-state index contributed by atoms with van der Waals surface area (Å²) in [5, 5.41) is 23.4. The summed E-state index contributed by atoms with van der Waals surface area (Å²) >= 11 is 0. The van der Waals surface area contributed by atoms with E-state index in [1.807, 2.05) is 19.1 Å². The average Bonchev–Trinajstić information content (AvgIpc) is 2.38. The fraction of sp³-hybridized carbons (Fsp3) is 0.429. The number of aliphatic hydroxyl groups excluding tert-OH is 1. The minimum atomic E-state index is -1.04. The molecule has 0 aliphatic carbocycles. The summed E-state index contributed by atoms with van der Waals surface area (Å²) in [4.78, 5) is 22.1. The zero-order chi connectivity index (χ0) is 15.0. The van der Waals surface area contributed by atoms with Crippen molar-refractivity contribution in [1.29, 1.82) is 0 Å². The van der Waals surface area contributed by atoms with E-state index in [4.69, 9.17) is 5.11 Å². The minimum absolute atomic E-state index is 0.155. The number of hydrogen-bond donors (Lipinski definition) is 4. The SMILES string of the molecule is Cc1ccc(C(=O)NCCNCC(O)CC(=O)O)cc1. The number of carbonyl (C=O) groups excluding carboxylic acids is 1. The Labute approximate surface area is 117 Å². The van der Waals surface area contributed by atoms with Crippen LogP contribution in [0.2, 0.25) is 0 Å². The van der Waals surface area contributed by atoms with Gasteiger partial charge < -0.3 is 20.8 Å². The van der Waals surface area contributed by atoms with Crippen molar-refractivity contribution in [2.24, 2.45) is 0 Å². The minimum Gasteiger partial charge on any atom is -0.481 e. The van der Waals surface area contributed by atoms with Crippen molar-refractivity contribution in [3.8, 4) is 0 Å². The van der Waals surface area contributed by atoms with Crippen LogP contribution in [0.15, 0.2) is 24.3 Å². The molecule has 1 aromatic rings. The molecule has 0 aliphatic heterocycles. The van der Waals surface area contributed by atoms with Crippen molar-refractivity contribution in [2.45, 2.75) is 19.4 Å². The molecule has 4 N–H and O–H groups in total. The van der Waals surface area contributed by atoms with E-state index in [2.05, 4.69) is 10.6 Å². The lowest BCUT2D eigenvalue weighted by atomic mass is 10.1. The van der Waals surface area contributed by atoms with Gasteiger partial charge in [-0.15, -0.1) is 0 Å². The van der Waals surface area contributed by atoms with Gasteiger partial charge in [0.25, 0.3) is 5.91 Å². The Balaban J connectivity index is 2.16. The summed E-state index contributed by atoms with van der Waals surface area (Å²) in [6.45, 7) is 3.02. The van der Waals surface area contributed by atoms with Crippen molar-refractivity contribution in [3.05, 3.63) is 35.4 Å². The van der Waals surface area contributed by atoms with Crippen LogP contribution in [0.4, 0.5) is 0 Å². The van der Waals surface area contributed by atoms with Crippen molar-refractivity contribution in [3.63, 3.8) is 0 Å². The van der Waals surface area contributed by atoms with Crippen molar-refractivity contribution in [1.82, 2.24) is 10.6 Å². The predicted octanol–water partition coefficient (Wildman–Crippen LogP) is 0.150. The van der Waals surface area contributed by atoms with Gasteiger partial charge in [-0.2, -0.15) is 0 Å². The van der Waals surface area contributed by atoms with Crippen LogP contribution >= 0.6 is 0 Å². The van der Waals surface area contributed by atoms with Gasteiger partial charge in [-0.3, -0.25) is 9.59 Å². The molecule has 6 heteroatoms. The Morgan fingerprint density at radius 1 is 1.20 bits per heavy atom. The summed E-state index contributed by atoms with van der Waals surface area (Å²) in [6, 6.07) is 7.26.